The molecule has 23 heavy (non-hydrogen) atoms. The van der Waals surface area contributed by atoms with Gasteiger partial charge in [-0.2, -0.15) is 0 Å². The molecule has 0 saturated heterocycles. The Labute approximate surface area is 132 Å². The third-order valence-corrected chi connectivity index (χ3v) is 3.99. The number of aromatic nitrogens is 1. The van der Waals surface area contributed by atoms with Gasteiger partial charge < -0.3 is 4.98 Å². The van der Waals surface area contributed by atoms with Crippen LogP contribution in [0.25, 0.3) is 33.2 Å². The number of rotatable bonds is 2. The summed E-state index contributed by atoms with van der Waals surface area (Å²) in [6.45, 7) is 0. The predicted octanol–water partition coefficient (Wildman–Crippen LogP) is 5.78. The van der Waals surface area contributed by atoms with Gasteiger partial charge in [-0.15, -0.1) is 0 Å². The van der Waals surface area contributed by atoms with Crippen molar-refractivity contribution in [2.75, 3.05) is 0 Å². The van der Waals surface area contributed by atoms with Crippen molar-refractivity contribution in [1.29, 1.82) is 0 Å². The molecule has 0 spiro atoms. The van der Waals surface area contributed by atoms with Crippen LogP contribution in [0, 0.1) is 11.6 Å². The summed E-state index contributed by atoms with van der Waals surface area (Å²) in [6.07, 6.45) is 1.84. The molecule has 0 aliphatic carbocycles. The van der Waals surface area contributed by atoms with E-state index in [9.17, 15) is 8.78 Å². The van der Waals surface area contributed by atoms with Gasteiger partial charge in [-0.25, -0.2) is 8.78 Å². The second-order valence-corrected chi connectivity index (χ2v) is 5.45. The van der Waals surface area contributed by atoms with E-state index in [0.29, 0.717) is 0 Å². The molecule has 4 rings (SSSR count). The zero-order valence-corrected chi connectivity index (χ0v) is 12.2. The predicted molar refractivity (Wildman–Crippen MR) is 89.1 cm³/mol. The molecule has 0 aliphatic rings. The summed E-state index contributed by atoms with van der Waals surface area (Å²) in [5, 5.41) is 0.984. The van der Waals surface area contributed by atoms with Gasteiger partial charge in [-0.05, 0) is 47.0 Å². The number of hydrogen-bond donors (Lipinski definition) is 1. The van der Waals surface area contributed by atoms with Crippen molar-refractivity contribution in [3.05, 3.63) is 84.6 Å². The number of nitrogens with one attached hydrogen (secondary N) is 1. The number of benzene rings is 3. The minimum atomic E-state index is -0.267. The summed E-state index contributed by atoms with van der Waals surface area (Å²) in [4.78, 5) is 3.21. The Balaban J connectivity index is 1.95. The highest BCUT2D eigenvalue weighted by atomic mass is 19.1. The summed E-state index contributed by atoms with van der Waals surface area (Å²) >= 11 is 0. The van der Waals surface area contributed by atoms with Gasteiger partial charge in [0.05, 0.1) is 5.52 Å². The topological polar surface area (TPSA) is 15.8 Å². The fraction of sp³-hybridized carbons (Fsp3) is 0. The SMILES string of the molecule is Fc1cccc(-c2ccc(-c3cccc(F)c3)c3[nH]ccc23)c1. The maximum atomic E-state index is 13.5. The van der Waals surface area contributed by atoms with Crippen LogP contribution in [0.1, 0.15) is 0 Å². The molecular weight excluding hydrogens is 292 g/mol. The zero-order valence-electron chi connectivity index (χ0n) is 12.2. The molecule has 0 saturated carbocycles. The lowest BCUT2D eigenvalue weighted by Gasteiger charge is -2.09. The molecule has 1 nitrogen and oxygen atoms in total. The number of halogens is 2. The Morgan fingerprint density at radius 1 is 0.652 bits per heavy atom. The second kappa shape index (κ2) is 5.36. The lowest BCUT2D eigenvalue weighted by atomic mass is 9.96. The monoisotopic (exact) mass is 305 g/mol. The van der Waals surface area contributed by atoms with Crippen molar-refractivity contribution in [2.45, 2.75) is 0 Å². The van der Waals surface area contributed by atoms with Gasteiger partial charge >= 0.3 is 0 Å². The van der Waals surface area contributed by atoms with E-state index < -0.39 is 0 Å². The Hall–Kier alpha value is -2.94. The fourth-order valence-electron chi connectivity index (χ4n) is 2.96. The average Bonchev–Trinajstić information content (AvgIpc) is 3.03. The highest BCUT2D eigenvalue weighted by molar-refractivity contribution is 6.03. The van der Waals surface area contributed by atoms with Crippen LogP contribution in [0.4, 0.5) is 8.78 Å². The molecular formula is C20H13F2N. The zero-order chi connectivity index (χ0) is 15.8. The molecule has 0 radical (unpaired) electrons. The van der Waals surface area contributed by atoms with Crippen LogP contribution in [0.15, 0.2) is 72.9 Å². The van der Waals surface area contributed by atoms with E-state index in [2.05, 4.69) is 4.98 Å². The molecule has 3 aromatic carbocycles. The van der Waals surface area contributed by atoms with Gasteiger partial charge in [0, 0.05) is 17.1 Å². The van der Waals surface area contributed by atoms with E-state index in [4.69, 9.17) is 0 Å². The minimum absolute atomic E-state index is 0.264. The molecule has 0 bridgehead atoms. The lowest BCUT2D eigenvalue weighted by Crippen LogP contribution is -1.86. The standard InChI is InChI=1S/C20H13F2N/c21-15-5-1-3-13(11-15)17-7-8-18(20-19(17)9-10-23-20)14-4-2-6-16(22)12-14/h1-12,23H. The summed E-state index contributed by atoms with van der Waals surface area (Å²) in [5.74, 6) is -0.531. The van der Waals surface area contributed by atoms with Crippen molar-refractivity contribution < 1.29 is 8.78 Å². The van der Waals surface area contributed by atoms with E-state index >= 15 is 0 Å². The molecule has 1 aromatic heterocycles. The quantitative estimate of drug-likeness (QED) is 0.483. The second-order valence-electron chi connectivity index (χ2n) is 5.45. The van der Waals surface area contributed by atoms with Gasteiger partial charge in [-0.3, -0.25) is 0 Å². The van der Waals surface area contributed by atoms with Crippen LogP contribution in [0.5, 0.6) is 0 Å². The van der Waals surface area contributed by atoms with Crippen molar-refractivity contribution >= 4 is 10.9 Å². The number of H-pyrrole nitrogens is 1. The van der Waals surface area contributed by atoms with E-state index in [1.807, 2.05) is 36.5 Å². The van der Waals surface area contributed by atoms with Crippen LogP contribution >= 0.6 is 0 Å². The molecule has 1 N–H and O–H groups in total. The highest BCUT2D eigenvalue weighted by Gasteiger charge is 2.11. The van der Waals surface area contributed by atoms with Crippen LogP contribution in [-0.4, -0.2) is 4.98 Å². The summed E-state index contributed by atoms with van der Waals surface area (Å²) in [5.41, 5.74) is 4.41. The van der Waals surface area contributed by atoms with E-state index in [1.165, 1.54) is 24.3 Å². The van der Waals surface area contributed by atoms with Crippen LogP contribution in [0.3, 0.4) is 0 Å². The van der Waals surface area contributed by atoms with Gasteiger partial charge in [0.2, 0.25) is 0 Å². The Morgan fingerprint density at radius 3 is 1.91 bits per heavy atom. The Bertz CT molecular complexity index is 922. The number of aromatic amines is 1. The maximum absolute atomic E-state index is 13.5. The number of hydrogen-bond acceptors (Lipinski definition) is 0. The molecule has 1 heterocycles. The largest absolute Gasteiger partial charge is 0.361 e. The molecule has 0 aliphatic heterocycles. The van der Waals surface area contributed by atoms with Gasteiger partial charge in [-0.1, -0.05) is 36.4 Å². The molecule has 0 atom stereocenters. The molecule has 0 amide bonds. The third-order valence-electron chi connectivity index (χ3n) is 3.99. The molecule has 0 unspecified atom stereocenters. The van der Waals surface area contributed by atoms with Crippen molar-refractivity contribution in [3.8, 4) is 22.3 Å². The van der Waals surface area contributed by atoms with Gasteiger partial charge in [0.1, 0.15) is 11.6 Å². The first kappa shape index (κ1) is 13.7. The highest BCUT2D eigenvalue weighted by Crippen LogP contribution is 2.35. The lowest BCUT2D eigenvalue weighted by molar-refractivity contribution is 0.628. The van der Waals surface area contributed by atoms with Gasteiger partial charge in [0.15, 0.2) is 0 Å². The minimum Gasteiger partial charge on any atom is -0.361 e. The summed E-state index contributed by atoms with van der Waals surface area (Å²) < 4.78 is 27.0. The van der Waals surface area contributed by atoms with E-state index in [0.717, 1.165) is 33.2 Å². The molecule has 3 heteroatoms. The number of fused-ring (bicyclic) bond motifs is 1. The Morgan fingerprint density at radius 2 is 1.26 bits per heavy atom. The van der Waals surface area contributed by atoms with Crippen molar-refractivity contribution in [3.63, 3.8) is 0 Å². The first-order chi connectivity index (χ1) is 11.2. The van der Waals surface area contributed by atoms with Crippen molar-refractivity contribution in [1.82, 2.24) is 4.98 Å². The summed E-state index contributed by atoms with van der Waals surface area (Å²) in [7, 11) is 0. The molecule has 112 valence electrons. The van der Waals surface area contributed by atoms with Crippen LogP contribution in [-0.2, 0) is 0 Å². The molecule has 4 aromatic rings. The van der Waals surface area contributed by atoms with Crippen LogP contribution < -0.4 is 0 Å². The fourth-order valence-corrected chi connectivity index (χ4v) is 2.96. The maximum Gasteiger partial charge on any atom is 0.123 e. The molecule has 0 fully saturated rings. The third kappa shape index (κ3) is 2.40. The Kier molecular flexibility index (Phi) is 3.19. The van der Waals surface area contributed by atoms with Crippen molar-refractivity contribution in [2.24, 2.45) is 0 Å². The first-order valence-electron chi connectivity index (χ1n) is 7.34. The average molecular weight is 305 g/mol. The van der Waals surface area contributed by atoms with Crippen LogP contribution in [0.2, 0.25) is 0 Å². The summed E-state index contributed by atoms with van der Waals surface area (Å²) in [6, 6.07) is 18.9. The first-order valence-corrected chi connectivity index (χ1v) is 7.34. The van der Waals surface area contributed by atoms with E-state index in [-0.39, 0.29) is 11.6 Å². The van der Waals surface area contributed by atoms with E-state index in [1.54, 1.807) is 12.1 Å². The normalized spacial score (nSPS) is 11.0. The smallest absolute Gasteiger partial charge is 0.123 e. The van der Waals surface area contributed by atoms with Gasteiger partial charge in [0.25, 0.3) is 0 Å².